The van der Waals surface area contributed by atoms with Crippen LogP contribution in [0.5, 0.6) is 28.7 Å². The zero-order valence-electron chi connectivity index (χ0n) is 18.9. The summed E-state index contributed by atoms with van der Waals surface area (Å²) in [6.07, 6.45) is 1.66. The molecule has 0 atom stereocenters. The lowest BCUT2D eigenvalue weighted by molar-refractivity contribution is -0.110. The number of carbonyl (C=O) groups is 1. The van der Waals surface area contributed by atoms with Crippen LogP contribution in [0.2, 0.25) is 0 Å². The molecule has 3 aromatic carbocycles. The smallest absolute Gasteiger partial charge is 0.273 e. The number of para-hydroxylation sites is 1. The second-order valence-electron chi connectivity index (χ2n) is 7.20. The monoisotopic (exact) mass is 457 g/mol. The fourth-order valence-corrected chi connectivity index (χ4v) is 3.14. The number of nitrogens with one attached hydrogen (secondary N) is 1. The molecule has 34 heavy (non-hydrogen) atoms. The molecule has 4 aromatic rings. The summed E-state index contributed by atoms with van der Waals surface area (Å²) in [5, 5.41) is 7.44. The van der Waals surface area contributed by atoms with Crippen molar-refractivity contribution in [1.82, 2.24) is 4.98 Å². The highest BCUT2D eigenvalue weighted by atomic mass is 16.6. The van der Waals surface area contributed by atoms with Gasteiger partial charge in [-0.3, -0.25) is 9.78 Å². The summed E-state index contributed by atoms with van der Waals surface area (Å²) in [6, 6.07) is 21.4. The van der Waals surface area contributed by atoms with Crippen LogP contribution in [0.25, 0.3) is 10.9 Å². The Bertz CT molecular complexity index is 1320. The zero-order valence-corrected chi connectivity index (χ0v) is 18.9. The lowest BCUT2D eigenvalue weighted by Crippen LogP contribution is -2.20. The molecule has 1 N–H and O–H groups in total. The first-order valence-electron chi connectivity index (χ1n) is 10.4. The maximum atomic E-state index is 12.4. The number of pyridine rings is 1. The molecule has 0 unspecified atom stereocenters. The van der Waals surface area contributed by atoms with E-state index in [4.69, 9.17) is 19.0 Å². The Morgan fingerprint density at radius 2 is 1.56 bits per heavy atom. The number of aromatic nitrogens is 1. The van der Waals surface area contributed by atoms with Crippen molar-refractivity contribution in [3.8, 4) is 28.7 Å². The molecule has 172 valence electrons. The molecule has 1 aromatic heterocycles. The molecule has 0 aliphatic rings. The standard InChI is InChI=1S/C26H23N3O5/c1-17(29-34-20-7-5-4-6-8-20)26(30)28-18-9-11-19(12-10-18)33-23-13-14-27-22-16-25(32-3)24(31-2)15-21(22)23/h4-16H,1-3H3,(H,28,30). The summed E-state index contributed by atoms with van der Waals surface area (Å²) in [7, 11) is 3.15. The van der Waals surface area contributed by atoms with Crippen molar-refractivity contribution in [2.75, 3.05) is 19.5 Å². The number of benzene rings is 3. The maximum absolute atomic E-state index is 12.4. The number of carbonyl (C=O) groups excluding carboxylic acids is 1. The molecule has 4 rings (SSSR count). The molecular weight excluding hydrogens is 434 g/mol. The third-order valence-corrected chi connectivity index (χ3v) is 4.91. The molecule has 0 saturated heterocycles. The number of hydrogen-bond acceptors (Lipinski definition) is 7. The predicted molar refractivity (Wildman–Crippen MR) is 130 cm³/mol. The Morgan fingerprint density at radius 3 is 2.26 bits per heavy atom. The predicted octanol–water partition coefficient (Wildman–Crippen LogP) is 5.44. The SMILES string of the molecule is COc1cc2nccc(Oc3ccc(NC(=O)C(C)=NOc4ccccc4)cc3)c2cc1OC. The van der Waals surface area contributed by atoms with Crippen molar-refractivity contribution >= 4 is 28.2 Å². The summed E-state index contributed by atoms with van der Waals surface area (Å²) >= 11 is 0. The minimum absolute atomic E-state index is 0.191. The van der Waals surface area contributed by atoms with Gasteiger partial charge in [0.2, 0.25) is 0 Å². The van der Waals surface area contributed by atoms with Crippen molar-refractivity contribution in [3.63, 3.8) is 0 Å². The Labute approximate surface area is 196 Å². The summed E-state index contributed by atoms with van der Waals surface area (Å²) in [5.41, 5.74) is 1.50. The minimum Gasteiger partial charge on any atom is -0.493 e. The third-order valence-electron chi connectivity index (χ3n) is 4.91. The molecular formula is C26H23N3O5. The lowest BCUT2D eigenvalue weighted by atomic mass is 10.2. The van der Waals surface area contributed by atoms with Crippen molar-refractivity contribution in [2.45, 2.75) is 6.92 Å². The summed E-state index contributed by atoms with van der Waals surface area (Å²) < 4.78 is 16.8. The van der Waals surface area contributed by atoms with E-state index in [0.29, 0.717) is 40.0 Å². The van der Waals surface area contributed by atoms with E-state index in [2.05, 4.69) is 15.5 Å². The van der Waals surface area contributed by atoms with Crippen LogP contribution in [-0.2, 0) is 4.79 Å². The van der Waals surface area contributed by atoms with Gasteiger partial charge in [0.25, 0.3) is 5.91 Å². The van der Waals surface area contributed by atoms with Crippen molar-refractivity contribution in [2.24, 2.45) is 5.16 Å². The van der Waals surface area contributed by atoms with Gasteiger partial charge in [0.1, 0.15) is 17.2 Å². The molecule has 1 heterocycles. The third kappa shape index (κ3) is 5.24. The first kappa shape index (κ1) is 22.6. The molecule has 0 bridgehead atoms. The maximum Gasteiger partial charge on any atom is 0.273 e. The van der Waals surface area contributed by atoms with E-state index in [1.165, 1.54) is 0 Å². The first-order valence-corrected chi connectivity index (χ1v) is 10.4. The lowest BCUT2D eigenvalue weighted by Gasteiger charge is -2.12. The van der Waals surface area contributed by atoms with Gasteiger partial charge in [0.05, 0.1) is 19.7 Å². The van der Waals surface area contributed by atoms with Gasteiger partial charge in [0.15, 0.2) is 17.2 Å². The number of oxime groups is 1. The van der Waals surface area contributed by atoms with E-state index < -0.39 is 0 Å². The molecule has 0 radical (unpaired) electrons. The van der Waals surface area contributed by atoms with Crippen LogP contribution >= 0.6 is 0 Å². The van der Waals surface area contributed by atoms with Gasteiger partial charge in [-0.2, -0.15) is 0 Å². The molecule has 8 nitrogen and oxygen atoms in total. The molecule has 0 saturated carbocycles. The highest BCUT2D eigenvalue weighted by Crippen LogP contribution is 2.36. The average Bonchev–Trinajstić information content (AvgIpc) is 2.88. The molecule has 0 aliphatic carbocycles. The van der Waals surface area contributed by atoms with Gasteiger partial charge in [-0.15, -0.1) is 0 Å². The Balaban J connectivity index is 1.45. The summed E-state index contributed by atoms with van der Waals surface area (Å²) in [6.45, 7) is 1.58. The van der Waals surface area contributed by atoms with Crippen LogP contribution in [0.4, 0.5) is 5.69 Å². The van der Waals surface area contributed by atoms with Crippen molar-refractivity contribution < 1.29 is 23.8 Å². The van der Waals surface area contributed by atoms with Gasteiger partial charge in [-0.05, 0) is 55.5 Å². The highest BCUT2D eigenvalue weighted by Gasteiger charge is 2.12. The Kier molecular flexibility index (Phi) is 6.88. The molecule has 0 aliphatic heterocycles. The first-order chi connectivity index (χ1) is 16.6. The summed E-state index contributed by atoms with van der Waals surface area (Å²) in [5.74, 6) is 2.57. The molecule has 0 fully saturated rings. The molecule has 1 amide bonds. The molecule has 8 heteroatoms. The van der Waals surface area contributed by atoms with E-state index >= 15 is 0 Å². The van der Waals surface area contributed by atoms with E-state index in [0.717, 1.165) is 5.39 Å². The zero-order chi connectivity index (χ0) is 23.9. The van der Waals surface area contributed by atoms with Crippen LogP contribution in [0.15, 0.2) is 84.1 Å². The van der Waals surface area contributed by atoms with Gasteiger partial charge >= 0.3 is 0 Å². The van der Waals surface area contributed by atoms with E-state index in [1.54, 1.807) is 75.9 Å². The van der Waals surface area contributed by atoms with Gasteiger partial charge in [-0.1, -0.05) is 23.4 Å². The van der Waals surface area contributed by atoms with Crippen molar-refractivity contribution in [1.29, 1.82) is 0 Å². The highest BCUT2D eigenvalue weighted by molar-refractivity contribution is 6.42. The van der Waals surface area contributed by atoms with Crippen LogP contribution in [0.1, 0.15) is 6.92 Å². The normalized spacial score (nSPS) is 11.1. The van der Waals surface area contributed by atoms with Crippen LogP contribution < -0.4 is 24.4 Å². The number of methoxy groups -OCH3 is 2. The number of rotatable bonds is 8. The largest absolute Gasteiger partial charge is 0.493 e. The Morgan fingerprint density at radius 1 is 0.853 bits per heavy atom. The van der Waals surface area contributed by atoms with E-state index in [-0.39, 0.29) is 11.6 Å². The van der Waals surface area contributed by atoms with Crippen LogP contribution in [0.3, 0.4) is 0 Å². The fraction of sp³-hybridized carbons (Fsp3) is 0.115. The number of fused-ring (bicyclic) bond motifs is 1. The average molecular weight is 457 g/mol. The van der Waals surface area contributed by atoms with Gasteiger partial charge < -0.3 is 24.4 Å². The van der Waals surface area contributed by atoms with Gasteiger partial charge in [0, 0.05) is 23.3 Å². The van der Waals surface area contributed by atoms with Gasteiger partial charge in [-0.25, -0.2) is 0 Å². The summed E-state index contributed by atoms with van der Waals surface area (Å²) in [4.78, 5) is 22.0. The van der Waals surface area contributed by atoms with Crippen molar-refractivity contribution in [3.05, 3.63) is 79.0 Å². The van der Waals surface area contributed by atoms with E-state index in [9.17, 15) is 4.79 Å². The second-order valence-corrected chi connectivity index (χ2v) is 7.20. The number of nitrogens with zero attached hydrogens (tertiary/aromatic N) is 2. The number of hydrogen-bond donors (Lipinski definition) is 1. The number of anilines is 1. The number of ether oxygens (including phenoxy) is 3. The molecule has 0 spiro atoms. The second kappa shape index (κ2) is 10.4. The number of amides is 1. The minimum atomic E-state index is -0.370. The fourth-order valence-electron chi connectivity index (χ4n) is 3.14. The Hall–Kier alpha value is -4.59. The van der Waals surface area contributed by atoms with Crippen LogP contribution in [-0.4, -0.2) is 30.8 Å². The topological polar surface area (TPSA) is 91.3 Å². The quantitative estimate of drug-likeness (QED) is 0.280. The van der Waals surface area contributed by atoms with Crippen LogP contribution in [0, 0.1) is 0 Å². The van der Waals surface area contributed by atoms with E-state index in [1.807, 2.05) is 24.3 Å².